The van der Waals surface area contributed by atoms with Gasteiger partial charge in [0.05, 0.1) is 0 Å². The highest BCUT2D eigenvalue weighted by Gasteiger charge is 2.17. The van der Waals surface area contributed by atoms with Gasteiger partial charge in [-0.15, -0.1) is 11.8 Å². The Labute approximate surface area is 144 Å². The summed E-state index contributed by atoms with van der Waals surface area (Å²) in [5, 5.41) is 0. The fraction of sp³-hybridized carbons (Fsp3) is 0.333. The van der Waals surface area contributed by atoms with Crippen LogP contribution in [0.2, 0.25) is 0 Å². The minimum Gasteiger partial charge on any atom is -0.374 e. The fourth-order valence-electron chi connectivity index (χ4n) is 2.40. The summed E-state index contributed by atoms with van der Waals surface area (Å²) in [5.74, 6) is -0.565. The number of aromatic nitrogens is 1. The van der Waals surface area contributed by atoms with Crippen molar-refractivity contribution in [2.24, 2.45) is 7.05 Å². The van der Waals surface area contributed by atoms with Crippen molar-refractivity contribution in [2.75, 3.05) is 19.5 Å². The van der Waals surface area contributed by atoms with Crippen LogP contribution >= 0.6 is 11.8 Å². The zero-order valence-corrected chi connectivity index (χ0v) is 14.8. The number of pyridine rings is 1. The molecule has 0 spiro atoms. The van der Waals surface area contributed by atoms with E-state index in [2.05, 4.69) is 0 Å². The number of carbonyl (C=O) groups is 1. The van der Waals surface area contributed by atoms with E-state index in [0.717, 1.165) is 4.90 Å². The Morgan fingerprint density at radius 1 is 1.29 bits per heavy atom. The molecule has 0 bridgehead atoms. The number of nitrogens with zero attached hydrogens (tertiary/aromatic N) is 1. The lowest BCUT2D eigenvalue weighted by atomic mass is 10.0. The molecule has 0 atom stereocenters. The molecule has 0 N–H and O–H groups in total. The first-order valence-corrected chi connectivity index (χ1v) is 8.82. The monoisotopic (exact) mass is 349 g/mol. The van der Waals surface area contributed by atoms with Crippen LogP contribution in [0.5, 0.6) is 0 Å². The molecule has 0 fully saturated rings. The highest BCUT2D eigenvalue weighted by molar-refractivity contribution is 7.98. The zero-order chi connectivity index (χ0) is 17.7. The van der Waals surface area contributed by atoms with Gasteiger partial charge in [-0.3, -0.25) is 9.59 Å². The highest BCUT2D eigenvalue weighted by Crippen LogP contribution is 2.21. The molecule has 1 heterocycles. The first-order valence-electron chi connectivity index (χ1n) is 7.60. The molecule has 128 valence electrons. The molecule has 0 amide bonds. The van der Waals surface area contributed by atoms with Gasteiger partial charge in [-0.05, 0) is 36.9 Å². The van der Waals surface area contributed by atoms with Crippen LogP contribution < -0.4 is 5.56 Å². The van der Waals surface area contributed by atoms with Crippen molar-refractivity contribution in [1.82, 2.24) is 4.57 Å². The quantitative estimate of drug-likeness (QED) is 0.569. The molecular weight excluding hydrogens is 329 g/mol. The summed E-state index contributed by atoms with van der Waals surface area (Å²) in [4.78, 5) is 25.1. The average molecular weight is 349 g/mol. The van der Waals surface area contributed by atoms with E-state index in [9.17, 15) is 14.0 Å². The first kappa shape index (κ1) is 18.4. The molecule has 4 nitrogen and oxygen atoms in total. The van der Waals surface area contributed by atoms with Crippen LogP contribution in [0.3, 0.4) is 0 Å². The molecule has 1 aromatic carbocycles. The molecular formula is C18H20FNO3S. The Balaban J connectivity index is 2.43. The summed E-state index contributed by atoms with van der Waals surface area (Å²) in [6.45, 7) is 2.17. The molecule has 0 aliphatic heterocycles. The third-order valence-corrected chi connectivity index (χ3v) is 4.52. The number of ether oxygens (including phenoxy) is 1. The molecule has 2 aromatic rings. The van der Waals surface area contributed by atoms with Gasteiger partial charge < -0.3 is 9.30 Å². The second kappa shape index (κ2) is 8.26. The number of benzene rings is 1. The summed E-state index contributed by atoms with van der Waals surface area (Å²) in [7, 11) is 1.59. The second-order valence-corrected chi connectivity index (χ2v) is 6.17. The summed E-state index contributed by atoms with van der Waals surface area (Å²) < 4.78 is 20.8. The van der Waals surface area contributed by atoms with Crippen molar-refractivity contribution in [3.05, 3.63) is 63.3 Å². The lowest BCUT2D eigenvalue weighted by molar-refractivity contribution is 0.0781. The van der Waals surface area contributed by atoms with Crippen LogP contribution in [0.1, 0.15) is 28.5 Å². The van der Waals surface area contributed by atoms with Crippen molar-refractivity contribution in [2.45, 2.75) is 18.2 Å². The van der Waals surface area contributed by atoms with E-state index in [4.69, 9.17) is 4.74 Å². The summed E-state index contributed by atoms with van der Waals surface area (Å²) in [5.41, 5.74) is 1.08. The highest BCUT2D eigenvalue weighted by atomic mass is 32.2. The summed E-state index contributed by atoms with van der Waals surface area (Å²) in [6, 6.07) is 7.81. The zero-order valence-electron chi connectivity index (χ0n) is 14.0. The Hall–Kier alpha value is -1.92. The topological polar surface area (TPSA) is 48.3 Å². The van der Waals surface area contributed by atoms with E-state index in [1.54, 1.807) is 20.0 Å². The SMILES string of the molecule is CCOCC(=O)c1ccc(=O)n(C)c1Cc1ccc(SC)cc1F. The Bertz CT molecular complexity index is 801. The molecule has 2 rings (SSSR count). The van der Waals surface area contributed by atoms with Gasteiger partial charge in [-0.1, -0.05) is 6.07 Å². The van der Waals surface area contributed by atoms with Gasteiger partial charge in [-0.2, -0.15) is 0 Å². The largest absolute Gasteiger partial charge is 0.374 e. The van der Waals surface area contributed by atoms with Gasteiger partial charge >= 0.3 is 0 Å². The van der Waals surface area contributed by atoms with Gasteiger partial charge in [0.2, 0.25) is 0 Å². The van der Waals surface area contributed by atoms with Gasteiger partial charge in [0.25, 0.3) is 5.56 Å². The Morgan fingerprint density at radius 3 is 2.67 bits per heavy atom. The molecule has 24 heavy (non-hydrogen) atoms. The predicted molar refractivity (Wildman–Crippen MR) is 93.5 cm³/mol. The van der Waals surface area contributed by atoms with Crippen molar-refractivity contribution in [3.63, 3.8) is 0 Å². The number of hydrogen-bond donors (Lipinski definition) is 0. The maximum absolute atomic E-state index is 14.3. The third kappa shape index (κ3) is 4.13. The van der Waals surface area contributed by atoms with E-state index >= 15 is 0 Å². The molecule has 0 saturated carbocycles. The number of thioether (sulfide) groups is 1. The number of hydrogen-bond acceptors (Lipinski definition) is 4. The van der Waals surface area contributed by atoms with Crippen LogP contribution in [0.25, 0.3) is 0 Å². The van der Waals surface area contributed by atoms with E-state index < -0.39 is 0 Å². The van der Waals surface area contributed by atoms with Gasteiger partial charge in [-0.25, -0.2) is 4.39 Å². The van der Waals surface area contributed by atoms with Crippen molar-refractivity contribution in [3.8, 4) is 0 Å². The maximum Gasteiger partial charge on any atom is 0.250 e. The van der Waals surface area contributed by atoms with Crippen LogP contribution in [0.4, 0.5) is 4.39 Å². The van der Waals surface area contributed by atoms with Gasteiger partial charge in [0, 0.05) is 42.3 Å². The molecule has 0 aliphatic carbocycles. The summed E-state index contributed by atoms with van der Waals surface area (Å²) in [6.07, 6.45) is 2.04. The van der Waals surface area contributed by atoms with Crippen LogP contribution in [0, 0.1) is 5.82 Å². The molecule has 0 radical (unpaired) electrons. The van der Waals surface area contributed by atoms with E-state index in [0.29, 0.717) is 23.4 Å². The number of Topliss-reactive ketones (excluding diaryl/α,β-unsaturated/α-hetero) is 1. The Morgan fingerprint density at radius 2 is 2.04 bits per heavy atom. The van der Waals surface area contributed by atoms with Crippen LogP contribution in [0.15, 0.2) is 40.0 Å². The first-order chi connectivity index (χ1) is 11.5. The van der Waals surface area contributed by atoms with Crippen molar-refractivity contribution in [1.29, 1.82) is 0 Å². The molecule has 1 aromatic heterocycles. The summed E-state index contributed by atoms with van der Waals surface area (Å²) >= 11 is 1.45. The van der Waals surface area contributed by atoms with E-state index in [-0.39, 0.29) is 30.2 Å². The van der Waals surface area contributed by atoms with Crippen molar-refractivity contribution < 1.29 is 13.9 Å². The van der Waals surface area contributed by atoms with Gasteiger partial charge in [0.15, 0.2) is 5.78 Å². The predicted octanol–water partition coefficient (Wildman–Crippen LogP) is 3.06. The average Bonchev–Trinajstić information content (AvgIpc) is 2.58. The third-order valence-electron chi connectivity index (χ3n) is 3.79. The molecule has 0 aliphatic rings. The van der Waals surface area contributed by atoms with Gasteiger partial charge in [0.1, 0.15) is 12.4 Å². The number of carbonyl (C=O) groups excluding carboxylic acids is 1. The van der Waals surface area contributed by atoms with E-state index in [1.807, 2.05) is 12.3 Å². The van der Waals surface area contributed by atoms with Crippen LogP contribution in [-0.2, 0) is 18.2 Å². The second-order valence-electron chi connectivity index (χ2n) is 5.29. The maximum atomic E-state index is 14.3. The number of rotatable bonds is 7. The lowest BCUT2D eigenvalue weighted by Crippen LogP contribution is -2.24. The number of ketones is 1. The smallest absolute Gasteiger partial charge is 0.250 e. The minimum atomic E-state index is -0.346. The number of halogens is 1. The standard InChI is InChI=1S/C18H20FNO3S/c1-4-23-11-17(21)14-7-8-18(22)20(2)16(14)9-12-5-6-13(24-3)10-15(12)19/h5-8,10H,4,9,11H2,1-3H3. The normalized spacial score (nSPS) is 10.8. The fourth-order valence-corrected chi connectivity index (χ4v) is 2.82. The lowest BCUT2D eigenvalue weighted by Gasteiger charge is -2.14. The van der Waals surface area contributed by atoms with E-state index in [1.165, 1.54) is 34.5 Å². The van der Waals surface area contributed by atoms with Crippen LogP contribution in [-0.4, -0.2) is 29.8 Å². The molecule has 6 heteroatoms. The Kier molecular flexibility index (Phi) is 6.34. The molecule has 0 unspecified atom stereocenters. The minimum absolute atomic E-state index is 0.0599. The molecule has 0 saturated heterocycles. The van der Waals surface area contributed by atoms with Crippen molar-refractivity contribution >= 4 is 17.5 Å².